The van der Waals surface area contributed by atoms with Gasteiger partial charge in [0.2, 0.25) is 0 Å². The van der Waals surface area contributed by atoms with Gasteiger partial charge in [0.05, 0.1) is 0 Å². The Kier molecular flexibility index (Phi) is 3.40. The van der Waals surface area contributed by atoms with Crippen LogP contribution in [0.4, 0.5) is 10.5 Å². The molecule has 6 heteroatoms. The van der Waals surface area contributed by atoms with Crippen molar-refractivity contribution in [3.8, 4) is 0 Å². The minimum Gasteiger partial charge on any atom is -0.365 e. The molecule has 16 heavy (non-hydrogen) atoms. The lowest BCUT2D eigenvalue weighted by atomic mass is 10.3. The molecule has 2 N–H and O–H groups in total. The molecule has 4 nitrogen and oxygen atoms in total. The number of imide groups is 1. The smallest absolute Gasteiger partial charge is 0.288 e. The van der Waals surface area contributed by atoms with E-state index in [4.69, 9.17) is 0 Å². The molecular formula is C10H10N2O2S2. The molecule has 1 unspecified atom stereocenters. The van der Waals surface area contributed by atoms with E-state index in [1.165, 1.54) is 0 Å². The van der Waals surface area contributed by atoms with E-state index < -0.39 is 5.37 Å². The first kappa shape index (κ1) is 11.3. The molecule has 1 heterocycles. The normalized spacial score (nSPS) is 19.7. The number of amides is 2. The summed E-state index contributed by atoms with van der Waals surface area (Å²) in [6.07, 6.45) is 2.00. The monoisotopic (exact) mass is 254 g/mol. The van der Waals surface area contributed by atoms with Gasteiger partial charge in [-0.3, -0.25) is 14.9 Å². The van der Waals surface area contributed by atoms with E-state index in [0.29, 0.717) is 0 Å². The van der Waals surface area contributed by atoms with E-state index in [1.807, 2.05) is 30.5 Å². The molecule has 0 aromatic heterocycles. The number of hydrogen-bond donors (Lipinski definition) is 2. The lowest BCUT2D eigenvalue weighted by Crippen LogP contribution is -2.29. The van der Waals surface area contributed by atoms with E-state index in [2.05, 4.69) is 10.6 Å². The summed E-state index contributed by atoms with van der Waals surface area (Å²) in [5.74, 6) is -0.288. The number of carbonyl (C=O) groups is 2. The van der Waals surface area contributed by atoms with Gasteiger partial charge >= 0.3 is 0 Å². The molecular weight excluding hydrogens is 244 g/mol. The van der Waals surface area contributed by atoms with Crippen molar-refractivity contribution in [3.63, 3.8) is 0 Å². The van der Waals surface area contributed by atoms with Gasteiger partial charge in [-0.25, -0.2) is 0 Å². The summed E-state index contributed by atoms with van der Waals surface area (Å²) in [5.41, 5.74) is 0.833. The molecule has 1 atom stereocenters. The summed E-state index contributed by atoms with van der Waals surface area (Å²) in [7, 11) is 0. The van der Waals surface area contributed by atoms with Crippen molar-refractivity contribution in [1.29, 1.82) is 0 Å². The summed E-state index contributed by atoms with van der Waals surface area (Å²) in [6, 6.07) is 7.71. The molecule has 2 rings (SSSR count). The van der Waals surface area contributed by atoms with Crippen molar-refractivity contribution in [1.82, 2.24) is 5.32 Å². The zero-order chi connectivity index (χ0) is 11.5. The van der Waals surface area contributed by atoms with Crippen LogP contribution < -0.4 is 10.6 Å². The third-order valence-electron chi connectivity index (χ3n) is 2.08. The van der Waals surface area contributed by atoms with Crippen molar-refractivity contribution in [2.75, 3.05) is 11.6 Å². The minimum atomic E-state index is -0.521. The van der Waals surface area contributed by atoms with Gasteiger partial charge < -0.3 is 5.32 Å². The highest BCUT2D eigenvalue weighted by Crippen LogP contribution is 2.23. The van der Waals surface area contributed by atoms with Crippen molar-refractivity contribution in [3.05, 3.63) is 24.3 Å². The van der Waals surface area contributed by atoms with Gasteiger partial charge in [0, 0.05) is 10.6 Å². The van der Waals surface area contributed by atoms with Crippen LogP contribution in [0.25, 0.3) is 0 Å². The second-order valence-corrected chi connectivity index (χ2v) is 5.10. The third-order valence-corrected chi connectivity index (χ3v) is 3.70. The van der Waals surface area contributed by atoms with Gasteiger partial charge in [0.25, 0.3) is 11.1 Å². The molecule has 0 radical (unpaired) electrons. The van der Waals surface area contributed by atoms with Crippen LogP contribution in [-0.4, -0.2) is 22.8 Å². The molecule has 1 saturated heterocycles. The van der Waals surface area contributed by atoms with Crippen LogP contribution in [0.2, 0.25) is 0 Å². The zero-order valence-electron chi connectivity index (χ0n) is 8.52. The maximum absolute atomic E-state index is 11.3. The molecule has 1 aromatic carbocycles. The summed E-state index contributed by atoms with van der Waals surface area (Å²) in [4.78, 5) is 23.4. The molecule has 0 saturated carbocycles. The average molecular weight is 254 g/mol. The molecule has 84 valence electrons. The fourth-order valence-corrected chi connectivity index (χ4v) is 2.43. The van der Waals surface area contributed by atoms with Crippen molar-refractivity contribution >= 4 is 40.4 Å². The van der Waals surface area contributed by atoms with E-state index in [0.717, 1.165) is 22.3 Å². The highest BCUT2D eigenvalue weighted by Gasteiger charge is 2.31. The average Bonchev–Trinajstić information content (AvgIpc) is 2.59. The van der Waals surface area contributed by atoms with Crippen molar-refractivity contribution in [2.24, 2.45) is 0 Å². The summed E-state index contributed by atoms with van der Waals surface area (Å²) < 4.78 is 0. The van der Waals surface area contributed by atoms with E-state index in [9.17, 15) is 9.59 Å². The maximum atomic E-state index is 11.3. The molecule has 0 bridgehead atoms. The molecule has 1 aliphatic heterocycles. The Morgan fingerprint density at radius 2 is 2.00 bits per heavy atom. The Morgan fingerprint density at radius 1 is 1.31 bits per heavy atom. The summed E-state index contributed by atoms with van der Waals surface area (Å²) >= 11 is 2.62. The molecule has 0 spiro atoms. The van der Waals surface area contributed by atoms with Crippen LogP contribution in [0.15, 0.2) is 29.2 Å². The Morgan fingerprint density at radius 3 is 2.50 bits per heavy atom. The fourth-order valence-electron chi connectivity index (χ4n) is 1.29. The molecule has 1 fully saturated rings. The van der Waals surface area contributed by atoms with E-state index >= 15 is 0 Å². The standard InChI is InChI=1S/C10H10N2O2S2/c1-15-7-4-2-6(3-5-7)11-9-8(13)12-10(14)16-9/h2-5,9,11H,1H3,(H,12,13,14). The lowest BCUT2D eigenvalue weighted by molar-refractivity contribution is -0.118. The number of benzene rings is 1. The zero-order valence-corrected chi connectivity index (χ0v) is 10.2. The maximum Gasteiger partial charge on any atom is 0.288 e. The highest BCUT2D eigenvalue weighted by molar-refractivity contribution is 8.15. The second kappa shape index (κ2) is 4.80. The first-order chi connectivity index (χ1) is 7.69. The number of carbonyl (C=O) groups excluding carboxylic acids is 2. The molecule has 1 aliphatic rings. The topological polar surface area (TPSA) is 58.2 Å². The first-order valence-corrected chi connectivity index (χ1v) is 6.71. The molecule has 1 aromatic rings. The van der Waals surface area contributed by atoms with Crippen LogP contribution in [0.1, 0.15) is 0 Å². The number of anilines is 1. The SMILES string of the molecule is CSc1ccc(NC2SC(=O)NC2=O)cc1. The van der Waals surface area contributed by atoms with Gasteiger partial charge in [-0.05, 0) is 42.3 Å². The summed E-state index contributed by atoms with van der Waals surface area (Å²) in [5, 5.41) is 4.40. The van der Waals surface area contributed by atoms with Crippen LogP contribution in [0.3, 0.4) is 0 Å². The van der Waals surface area contributed by atoms with Crippen LogP contribution in [0.5, 0.6) is 0 Å². The predicted octanol–water partition coefficient (Wildman–Crippen LogP) is 2.13. The number of hydrogen-bond acceptors (Lipinski definition) is 5. The minimum absolute atomic E-state index is 0.288. The fraction of sp³-hybridized carbons (Fsp3) is 0.200. The Hall–Kier alpha value is -1.14. The van der Waals surface area contributed by atoms with Gasteiger partial charge in [-0.2, -0.15) is 0 Å². The largest absolute Gasteiger partial charge is 0.365 e. The summed E-state index contributed by atoms with van der Waals surface area (Å²) in [6.45, 7) is 0. The number of rotatable bonds is 3. The van der Waals surface area contributed by atoms with Crippen LogP contribution in [-0.2, 0) is 4.79 Å². The van der Waals surface area contributed by atoms with Gasteiger partial charge in [-0.15, -0.1) is 11.8 Å². The Balaban J connectivity index is 2.03. The van der Waals surface area contributed by atoms with E-state index in [-0.39, 0.29) is 11.1 Å². The van der Waals surface area contributed by atoms with Crippen LogP contribution in [0, 0.1) is 0 Å². The quantitative estimate of drug-likeness (QED) is 0.809. The lowest BCUT2D eigenvalue weighted by Gasteiger charge is -2.09. The number of nitrogens with one attached hydrogen (secondary N) is 2. The van der Waals surface area contributed by atoms with Gasteiger partial charge in [0.1, 0.15) is 0 Å². The molecule has 0 aliphatic carbocycles. The van der Waals surface area contributed by atoms with Crippen molar-refractivity contribution in [2.45, 2.75) is 10.3 Å². The predicted molar refractivity (Wildman–Crippen MR) is 66.8 cm³/mol. The number of thioether (sulfide) groups is 2. The van der Waals surface area contributed by atoms with E-state index in [1.54, 1.807) is 11.8 Å². The van der Waals surface area contributed by atoms with Gasteiger partial charge in [0.15, 0.2) is 5.37 Å². The first-order valence-electron chi connectivity index (χ1n) is 4.61. The van der Waals surface area contributed by atoms with Crippen molar-refractivity contribution < 1.29 is 9.59 Å². The van der Waals surface area contributed by atoms with Gasteiger partial charge in [-0.1, -0.05) is 0 Å². The third kappa shape index (κ3) is 2.51. The molecule has 2 amide bonds. The Labute approximate surface area is 102 Å². The Bertz CT molecular complexity index is 419. The second-order valence-electron chi connectivity index (χ2n) is 3.15. The highest BCUT2D eigenvalue weighted by atomic mass is 32.2. The van der Waals surface area contributed by atoms with Crippen LogP contribution >= 0.6 is 23.5 Å².